The summed E-state index contributed by atoms with van der Waals surface area (Å²) in [5.74, 6) is -0.795. The average Bonchev–Trinajstić information content (AvgIpc) is 2.36. The van der Waals surface area contributed by atoms with Crippen LogP contribution in [0.4, 0.5) is 5.69 Å². The molecular weight excluding hydrogens is 240 g/mol. The van der Waals surface area contributed by atoms with Crippen molar-refractivity contribution in [3.63, 3.8) is 0 Å². The van der Waals surface area contributed by atoms with E-state index in [9.17, 15) is 9.90 Å². The molecule has 19 heavy (non-hydrogen) atoms. The fourth-order valence-electron chi connectivity index (χ4n) is 2.08. The summed E-state index contributed by atoms with van der Waals surface area (Å²) >= 11 is 0. The van der Waals surface area contributed by atoms with Crippen LogP contribution in [0.1, 0.15) is 31.4 Å². The van der Waals surface area contributed by atoms with Gasteiger partial charge in [-0.25, -0.2) is 0 Å². The van der Waals surface area contributed by atoms with E-state index in [4.69, 9.17) is 0 Å². The van der Waals surface area contributed by atoms with Gasteiger partial charge < -0.3 is 10.0 Å². The van der Waals surface area contributed by atoms with Crippen molar-refractivity contribution in [2.45, 2.75) is 25.8 Å². The average molecular weight is 264 g/mol. The van der Waals surface area contributed by atoms with Crippen molar-refractivity contribution in [3.05, 3.63) is 29.8 Å². The van der Waals surface area contributed by atoms with Crippen LogP contribution in [0.5, 0.6) is 0 Å². The molecule has 0 saturated carbocycles. The zero-order valence-electron chi connectivity index (χ0n) is 12.3. The van der Waals surface area contributed by atoms with E-state index < -0.39 is 12.0 Å². The third-order valence-corrected chi connectivity index (χ3v) is 3.26. The van der Waals surface area contributed by atoms with Crippen molar-refractivity contribution >= 4 is 11.7 Å². The molecule has 1 aromatic carbocycles. The second-order valence-electron chi connectivity index (χ2n) is 5.06. The highest BCUT2D eigenvalue weighted by atomic mass is 16.4. The normalized spacial score (nSPS) is 12.5. The Labute approximate surface area is 115 Å². The topological polar surface area (TPSA) is 43.8 Å². The Morgan fingerprint density at radius 1 is 1.21 bits per heavy atom. The quantitative estimate of drug-likeness (QED) is 0.822. The summed E-state index contributed by atoms with van der Waals surface area (Å²) in [7, 11) is 5.81. The number of carboxylic acid groups (broad SMARTS) is 1. The Bertz CT molecular complexity index is 401. The van der Waals surface area contributed by atoms with Gasteiger partial charge in [0.15, 0.2) is 0 Å². The van der Waals surface area contributed by atoms with E-state index in [1.54, 1.807) is 0 Å². The van der Waals surface area contributed by atoms with Crippen LogP contribution in [0.2, 0.25) is 0 Å². The van der Waals surface area contributed by atoms with E-state index in [2.05, 4.69) is 6.92 Å². The Morgan fingerprint density at radius 2 is 1.79 bits per heavy atom. The molecule has 1 rings (SSSR count). The van der Waals surface area contributed by atoms with E-state index in [0.29, 0.717) is 0 Å². The molecule has 0 bridgehead atoms. The second kappa shape index (κ2) is 7.14. The molecule has 1 aromatic rings. The Hall–Kier alpha value is -1.55. The molecule has 0 aromatic heterocycles. The molecule has 1 N–H and O–H groups in total. The summed E-state index contributed by atoms with van der Waals surface area (Å²) in [4.78, 5) is 15.4. The molecule has 106 valence electrons. The first-order valence-corrected chi connectivity index (χ1v) is 6.67. The molecule has 0 aliphatic rings. The van der Waals surface area contributed by atoms with Crippen molar-refractivity contribution in [2.24, 2.45) is 0 Å². The summed E-state index contributed by atoms with van der Waals surface area (Å²) in [5, 5.41) is 9.42. The van der Waals surface area contributed by atoms with E-state index >= 15 is 0 Å². The third kappa shape index (κ3) is 4.24. The predicted octanol–water partition coefficient (Wildman–Crippen LogP) is 2.61. The largest absolute Gasteiger partial charge is 0.480 e. The smallest absolute Gasteiger partial charge is 0.325 e. The maximum atomic E-state index is 11.5. The van der Waals surface area contributed by atoms with Gasteiger partial charge in [0.05, 0.1) is 0 Å². The highest BCUT2D eigenvalue weighted by Crippen LogP contribution is 2.22. The number of benzene rings is 1. The molecule has 0 saturated heterocycles. The maximum absolute atomic E-state index is 11.5. The number of likely N-dealkylation sites (N-methyl/N-ethyl adjacent to an activating group) is 1. The summed E-state index contributed by atoms with van der Waals surface area (Å²) < 4.78 is 0. The molecule has 0 amide bonds. The van der Waals surface area contributed by atoms with Crippen molar-refractivity contribution in [1.82, 2.24) is 4.90 Å². The molecule has 0 radical (unpaired) electrons. The van der Waals surface area contributed by atoms with E-state index in [-0.39, 0.29) is 0 Å². The number of hydrogen-bond acceptors (Lipinski definition) is 3. The van der Waals surface area contributed by atoms with Crippen molar-refractivity contribution in [3.8, 4) is 0 Å². The highest BCUT2D eigenvalue weighted by Gasteiger charge is 2.24. The number of carboxylic acids is 1. The predicted molar refractivity (Wildman–Crippen MR) is 78.7 cm³/mol. The number of carbonyl (C=O) groups is 1. The number of nitrogens with zero attached hydrogens (tertiary/aromatic N) is 2. The van der Waals surface area contributed by atoms with Crippen molar-refractivity contribution in [1.29, 1.82) is 0 Å². The minimum Gasteiger partial charge on any atom is -0.480 e. The zero-order chi connectivity index (χ0) is 14.4. The number of hydrogen-bond donors (Lipinski definition) is 1. The van der Waals surface area contributed by atoms with Crippen LogP contribution in [0.3, 0.4) is 0 Å². The highest BCUT2D eigenvalue weighted by molar-refractivity contribution is 5.75. The Balaban J connectivity index is 2.89. The van der Waals surface area contributed by atoms with Crippen LogP contribution >= 0.6 is 0 Å². The van der Waals surface area contributed by atoms with Crippen molar-refractivity contribution in [2.75, 3.05) is 32.6 Å². The van der Waals surface area contributed by atoms with Crippen LogP contribution in [0.15, 0.2) is 24.3 Å². The fourth-order valence-corrected chi connectivity index (χ4v) is 2.08. The van der Waals surface area contributed by atoms with Gasteiger partial charge >= 0.3 is 5.97 Å². The molecule has 4 heteroatoms. The van der Waals surface area contributed by atoms with E-state index in [1.165, 1.54) is 0 Å². The van der Waals surface area contributed by atoms with Gasteiger partial charge in [0.2, 0.25) is 0 Å². The number of anilines is 1. The standard InChI is InChI=1S/C15H24N2O2/c1-5-6-11-17(4)14(15(18)19)12-7-9-13(10-8-12)16(2)3/h7-10,14H,5-6,11H2,1-4H3,(H,18,19). The molecule has 1 atom stereocenters. The van der Waals surface area contributed by atoms with Crippen LogP contribution in [0, 0.1) is 0 Å². The van der Waals surface area contributed by atoms with Crippen LogP contribution < -0.4 is 4.90 Å². The molecule has 4 nitrogen and oxygen atoms in total. The van der Waals surface area contributed by atoms with Crippen LogP contribution in [-0.4, -0.2) is 43.7 Å². The van der Waals surface area contributed by atoms with E-state index in [1.807, 2.05) is 55.2 Å². The monoisotopic (exact) mass is 264 g/mol. The van der Waals surface area contributed by atoms with Gasteiger partial charge in [-0.3, -0.25) is 9.69 Å². The first-order valence-electron chi connectivity index (χ1n) is 6.67. The molecule has 0 spiro atoms. The number of unbranched alkanes of at least 4 members (excludes halogenated alkanes) is 1. The molecular formula is C15H24N2O2. The first-order chi connectivity index (χ1) is 8.97. The summed E-state index contributed by atoms with van der Waals surface area (Å²) in [6, 6.07) is 7.15. The Kier molecular flexibility index (Phi) is 5.83. The summed E-state index contributed by atoms with van der Waals surface area (Å²) in [6.45, 7) is 2.90. The lowest BCUT2D eigenvalue weighted by Crippen LogP contribution is -2.31. The van der Waals surface area contributed by atoms with E-state index in [0.717, 1.165) is 30.6 Å². The Morgan fingerprint density at radius 3 is 2.21 bits per heavy atom. The van der Waals surface area contributed by atoms with Crippen LogP contribution in [-0.2, 0) is 4.79 Å². The fraction of sp³-hybridized carbons (Fsp3) is 0.533. The second-order valence-corrected chi connectivity index (χ2v) is 5.06. The molecule has 0 heterocycles. The molecule has 1 unspecified atom stereocenters. The lowest BCUT2D eigenvalue weighted by molar-refractivity contribution is -0.143. The minimum absolute atomic E-state index is 0.567. The number of aliphatic carboxylic acids is 1. The number of rotatable bonds is 7. The van der Waals surface area contributed by atoms with Gasteiger partial charge in [0.25, 0.3) is 0 Å². The maximum Gasteiger partial charge on any atom is 0.325 e. The lowest BCUT2D eigenvalue weighted by Gasteiger charge is -2.25. The summed E-state index contributed by atoms with van der Waals surface area (Å²) in [6.07, 6.45) is 2.08. The van der Waals surface area contributed by atoms with Gasteiger partial charge in [-0.2, -0.15) is 0 Å². The first kappa shape index (κ1) is 15.5. The van der Waals surface area contributed by atoms with Gasteiger partial charge in [0.1, 0.15) is 6.04 Å². The molecule has 0 aliphatic carbocycles. The van der Waals surface area contributed by atoms with Gasteiger partial charge in [0, 0.05) is 19.8 Å². The zero-order valence-corrected chi connectivity index (χ0v) is 12.3. The minimum atomic E-state index is -0.795. The molecule has 0 fully saturated rings. The van der Waals surface area contributed by atoms with Crippen molar-refractivity contribution < 1.29 is 9.90 Å². The van der Waals surface area contributed by atoms with Gasteiger partial charge in [-0.05, 0) is 37.7 Å². The van der Waals surface area contributed by atoms with Gasteiger partial charge in [-0.1, -0.05) is 25.5 Å². The SMILES string of the molecule is CCCCN(C)C(C(=O)O)c1ccc(N(C)C)cc1. The summed E-state index contributed by atoms with van der Waals surface area (Å²) in [5.41, 5.74) is 1.90. The third-order valence-electron chi connectivity index (χ3n) is 3.26. The lowest BCUT2D eigenvalue weighted by atomic mass is 10.0. The van der Waals surface area contributed by atoms with Crippen LogP contribution in [0.25, 0.3) is 0 Å². The molecule has 0 aliphatic heterocycles. The van der Waals surface area contributed by atoms with Gasteiger partial charge in [-0.15, -0.1) is 0 Å².